The van der Waals surface area contributed by atoms with Crippen molar-refractivity contribution in [3.8, 4) is 22.6 Å². The third-order valence-electron chi connectivity index (χ3n) is 4.16. The number of nitrogens with zero attached hydrogens (tertiary/aromatic N) is 1. The van der Waals surface area contributed by atoms with Crippen LogP contribution in [0.5, 0.6) is 11.5 Å². The van der Waals surface area contributed by atoms with E-state index in [2.05, 4.69) is 46.0 Å². The smallest absolute Gasteiger partial charge is 0.127 e. The molecule has 0 unspecified atom stereocenters. The van der Waals surface area contributed by atoms with Crippen LogP contribution in [0.2, 0.25) is 0 Å². The molecule has 1 aliphatic heterocycles. The third kappa shape index (κ3) is 3.45. The van der Waals surface area contributed by atoms with E-state index in [1.165, 1.54) is 16.8 Å². The number of hydrogen-bond donors (Lipinski definition) is 0. The Labute approximate surface area is 146 Å². The van der Waals surface area contributed by atoms with Crippen LogP contribution in [0.3, 0.4) is 0 Å². The number of ether oxygens (including phenoxy) is 2. The number of thiophene rings is 1. The molecular weight excluding hydrogens is 318 g/mol. The van der Waals surface area contributed by atoms with Gasteiger partial charge in [-0.15, -0.1) is 0 Å². The van der Waals surface area contributed by atoms with Crippen LogP contribution in [0.25, 0.3) is 11.1 Å². The second kappa shape index (κ2) is 7.07. The maximum Gasteiger partial charge on any atom is 0.127 e. The molecule has 3 aromatic rings. The van der Waals surface area contributed by atoms with Gasteiger partial charge in [-0.05, 0) is 64.4 Å². The second-order valence-electron chi connectivity index (χ2n) is 5.73. The summed E-state index contributed by atoms with van der Waals surface area (Å²) in [5.74, 6) is 1.71. The average molecular weight is 337 g/mol. The van der Waals surface area contributed by atoms with Crippen LogP contribution in [0.1, 0.15) is 0 Å². The van der Waals surface area contributed by atoms with E-state index in [1.54, 1.807) is 11.3 Å². The van der Waals surface area contributed by atoms with Crippen molar-refractivity contribution in [2.45, 2.75) is 0 Å². The number of anilines is 1. The summed E-state index contributed by atoms with van der Waals surface area (Å²) in [4.78, 5) is 2.34. The van der Waals surface area contributed by atoms with Gasteiger partial charge >= 0.3 is 0 Å². The average Bonchev–Trinajstić information content (AvgIpc) is 3.18. The minimum atomic E-state index is 0.800. The molecule has 0 atom stereocenters. The molecule has 122 valence electrons. The van der Waals surface area contributed by atoms with Crippen LogP contribution in [0, 0.1) is 0 Å². The molecule has 2 heterocycles. The molecule has 1 aliphatic rings. The van der Waals surface area contributed by atoms with Gasteiger partial charge in [0.05, 0.1) is 13.2 Å². The Bertz CT molecular complexity index is 760. The van der Waals surface area contributed by atoms with Gasteiger partial charge in [0, 0.05) is 18.8 Å². The fraction of sp³-hybridized carbons (Fsp3) is 0.200. The molecule has 4 rings (SSSR count). The highest BCUT2D eigenvalue weighted by Gasteiger charge is 2.11. The quantitative estimate of drug-likeness (QED) is 0.665. The summed E-state index contributed by atoms with van der Waals surface area (Å²) in [6.45, 7) is 3.50. The van der Waals surface area contributed by atoms with Crippen LogP contribution in [0.15, 0.2) is 65.4 Å². The van der Waals surface area contributed by atoms with E-state index < -0.39 is 0 Å². The molecule has 0 aliphatic carbocycles. The van der Waals surface area contributed by atoms with Gasteiger partial charge in [0.15, 0.2) is 0 Å². The summed E-state index contributed by atoms with van der Waals surface area (Å²) in [5.41, 5.74) is 3.69. The van der Waals surface area contributed by atoms with Crippen molar-refractivity contribution < 1.29 is 9.47 Å². The van der Waals surface area contributed by atoms with Gasteiger partial charge in [0.2, 0.25) is 0 Å². The van der Waals surface area contributed by atoms with E-state index in [0.29, 0.717) is 0 Å². The first-order chi connectivity index (χ1) is 11.9. The maximum absolute atomic E-state index is 5.95. The Hall–Kier alpha value is -2.30. The standard InChI is InChI=1S/C20H19NO2S/c1-5-19(6-2-16(1)17-9-14-24-15-17)23-20-7-3-18(4-8-20)21-10-12-22-13-11-21/h1-9,14-15H,10-13H2. The molecular formula is C20H19NO2S. The monoisotopic (exact) mass is 337 g/mol. The Kier molecular flexibility index (Phi) is 4.49. The molecule has 1 aromatic heterocycles. The van der Waals surface area contributed by atoms with Crippen molar-refractivity contribution >= 4 is 17.0 Å². The van der Waals surface area contributed by atoms with Gasteiger partial charge < -0.3 is 14.4 Å². The predicted molar refractivity (Wildman–Crippen MR) is 99.3 cm³/mol. The third-order valence-corrected chi connectivity index (χ3v) is 4.84. The highest BCUT2D eigenvalue weighted by molar-refractivity contribution is 7.08. The molecule has 24 heavy (non-hydrogen) atoms. The molecule has 0 bridgehead atoms. The highest BCUT2D eigenvalue weighted by Crippen LogP contribution is 2.28. The largest absolute Gasteiger partial charge is 0.457 e. The maximum atomic E-state index is 5.95. The summed E-state index contributed by atoms with van der Waals surface area (Å²) in [7, 11) is 0. The molecule has 1 fully saturated rings. The Balaban J connectivity index is 1.43. The molecule has 0 spiro atoms. The first-order valence-corrected chi connectivity index (χ1v) is 9.06. The van der Waals surface area contributed by atoms with E-state index in [4.69, 9.17) is 9.47 Å². The summed E-state index contributed by atoms with van der Waals surface area (Å²) in [6.07, 6.45) is 0. The number of hydrogen-bond acceptors (Lipinski definition) is 4. The lowest BCUT2D eigenvalue weighted by atomic mass is 10.1. The number of morpholine rings is 1. The van der Waals surface area contributed by atoms with Crippen molar-refractivity contribution in [2.24, 2.45) is 0 Å². The highest BCUT2D eigenvalue weighted by atomic mass is 32.1. The first kappa shape index (κ1) is 15.2. The number of benzene rings is 2. The van der Waals surface area contributed by atoms with Gasteiger partial charge in [-0.3, -0.25) is 0 Å². The van der Waals surface area contributed by atoms with E-state index >= 15 is 0 Å². The molecule has 1 saturated heterocycles. The fourth-order valence-electron chi connectivity index (χ4n) is 2.83. The van der Waals surface area contributed by atoms with E-state index in [-0.39, 0.29) is 0 Å². The SMILES string of the molecule is c1cc(-c2ccc(Oc3ccc(N4CCOCC4)cc3)cc2)cs1. The van der Waals surface area contributed by atoms with Crippen LogP contribution in [-0.2, 0) is 4.74 Å². The lowest BCUT2D eigenvalue weighted by Gasteiger charge is -2.28. The summed E-state index contributed by atoms with van der Waals surface area (Å²) in [5, 5.41) is 4.25. The first-order valence-electron chi connectivity index (χ1n) is 8.12. The lowest BCUT2D eigenvalue weighted by molar-refractivity contribution is 0.122. The van der Waals surface area contributed by atoms with Gasteiger partial charge in [-0.1, -0.05) is 12.1 Å². The van der Waals surface area contributed by atoms with E-state index in [1.807, 2.05) is 24.3 Å². The van der Waals surface area contributed by atoms with E-state index in [9.17, 15) is 0 Å². The fourth-order valence-corrected chi connectivity index (χ4v) is 3.49. The minimum Gasteiger partial charge on any atom is -0.457 e. The van der Waals surface area contributed by atoms with Crippen molar-refractivity contribution in [1.29, 1.82) is 0 Å². The normalized spacial score (nSPS) is 14.6. The Morgan fingerprint density at radius 1 is 0.792 bits per heavy atom. The second-order valence-corrected chi connectivity index (χ2v) is 6.51. The van der Waals surface area contributed by atoms with Crippen molar-refractivity contribution in [3.63, 3.8) is 0 Å². The Morgan fingerprint density at radius 2 is 1.46 bits per heavy atom. The Morgan fingerprint density at radius 3 is 2.08 bits per heavy atom. The molecule has 0 saturated carbocycles. The van der Waals surface area contributed by atoms with Gasteiger partial charge in [0.25, 0.3) is 0 Å². The zero-order valence-electron chi connectivity index (χ0n) is 13.4. The van der Waals surface area contributed by atoms with Crippen molar-refractivity contribution in [1.82, 2.24) is 0 Å². The molecule has 0 radical (unpaired) electrons. The zero-order chi connectivity index (χ0) is 16.2. The molecule has 0 amide bonds. The van der Waals surface area contributed by atoms with E-state index in [0.717, 1.165) is 37.8 Å². The zero-order valence-corrected chi connectivity index (χ0v) is 14.2. The molecule has 3 nitrogen and oxygen atoms in total. The topological polar surface area (TPSA) is 21.7 Å². The van der Waals surface area contributed by atoms with Crippen LogP contribution in [0.4, 0.5) is 5.69 Å². The van der Waals surface area contributed by atoms with Crippen molar-refractivity contribution in [3.05, 3.63) is 65.4 Å². The summed E-state index contributed by atoms with van der Waals surface area (Å²) < 4.78 is 11.3. The van der Waals surface area contributed by atoms with Crippen LogP contribution < -0.4 is 9.64 Å². The van der Waals surface area contributed by atoms with Crippen LogP contribution in [-0.4, -0.2) is 26.3 Å². The van der Waals surface area contributed by atoms with Gasteiger partial charge in [-0.2, -0.15) is 11.3 Å². The van der Waals surface area contributed by atoms with Crippen LogP contribution >= 0.6 is 11.3 Å². The van der Waals surface area contributed by atoms with Crippen molar-refractivity contribution in [2.75, 3.05) is 31.2 Å². The van der Waals surface area contributed by atoms with Gasteiger partial charge in [0.1, 0.15) is 11.5 Å². The lowest BCUT2D eigenvalue weighted by Crippen LogP contribution is -2.36. The summed E-state index contributed by atoms with van der Waals surface area (Å²) >= 11 is 1.71. The summed E-state index contributed by atoms with van der Waals surface area (Å²) in [6, 6.07) is 18.6. The predicted octanol–water partition coefficient (Wildman–Crippen LogP) is 5.04. The van der Waals surface area contributed by atoms with Gasteiger partial charge in [-0.25, -0.2) is 0 Å². The number of rotatable bonds is 4. The minimum absolute atomic E-state index is 0.800. The molecule has 2 aromatic carbocycles. The molecule has 0 N–H and O–H groups in total. The molecule has 4 heteroatoms.